The zero-order valence-electron chi connectivity index (χ0n) is 11.0. The summed E-state index contributed by atoms with van der Waals surface area (Å²) in [5.41, 5.74) is 1.84. The van der Waals surface area contributed by atoms with Crippen LogP contribution in [0.3, 0.4) is 0 Å². The van der Waals surface area contributed by atoms with Crippen LogP contribution >= 0.6 is 27.5 Å². The van der Waals surface area contributed by atoms with Crippen LogP contribution in [0.5, 0.6) is 5.75 Å². The molecule has 1 aliphatic rings. The van der Waals surface area contributed by atoms with Crippen molar-refractivity contribution in [2.24, 2.45) is 0 Å². The molecule has 3 nitrogen and oxygen atoms in total. The Kier molecular flexibility index (Phi) is 3.93. The Morgan fingerprint density at radius 1 is 1.42 bits per heavy atom. The van der Waals surface area contributed by atoms with Gasteiger partial charge in [-0.3, -0.25) is 0 Å². The molecule has 6 heteroatoms. The topological polar surface area (TPSA) is 43.4 Å². The van der Waals surface area contributed by atoms with Gasteiger partial charge < -0.3 is 4.74 Å². The molecule has 0 saturated carbocycles. The van der Waals surface area contributed by atoms with E-state index >= 15 is 0 Å². The van der Waals surface area contributed by atoms with Crippen molar-refractivity contribution in [3.05, 3.63) is 28.3 Å². The maximum absolute atomic E-state index is 11.9. The zero-order chi connectivity index (χ0) is 14.4. The molecule has 0 N–H and O–H groups in total. The van der Waals surface area contributed by atoms with Crippen molar-refractivity contribution in [3.63, 3.8) is 0 Å². The minimum absolute atomic E-state index is 0.374. The predicted octanol–water partition coefficient (Wildman–Crippen LogP) is 3.53. The molecule has 0 fully saturated rings. The van der Waals surface area contributed by atoms with E-state index in [9.17, 15) is 8.42 Å². The second-order valence-corrected chi connectivity index (χ2v) is 9.27. The first kappa shape index (κ1) is 15.1. The van der Waals surface area contributed by atoms with Crippen LogP contribution in [-0.2, 0) is 16.3 Å². The van der Waals surface area contributed by atoms with Crippen molar-refractivity contribution in [1.29, 1.82) is 0 Å². The summed E-state index contributed by atoms with van der Waals surface area (Å²) in [6.45, 7) is 4.01. The van der Waals surface area contributed by atoms with Crippen LogP contribution in [0, 0.1) is 0 Å². The van der Waals surface area contributed by atoms with Gasteiger partial charge in [-0.2, -0.15) is 0 Å². The Bertz CT molecular complexity index is 611. The lowest BCUT2D eigenvalue weighted by Crippen LogP contribution is -2.35. The molecule has 0 bridgehead atoms. The second-order valence-electron chi connectivity index (χ2n) is 5.32. The van der Waals surface area contributed by atoms with E-state index < -0.39 is 14.6 Å². The van der Waals surface area contributed by atoms with E-state index in [-0.39, 0.29) is 4.83 Å². The zero-order valence-corrected chi connectivity index (χ0v) is 14.2. The van der Waals surface area contributed by atoms with Gasteiger partial charge in [-0.05, 0) is 31.5 Å². The number of fused-ring (bicyclic) bond motifs is 1. The molecule has 1 aromatic rings. The number of benzene rings is 1. The maximum atomic E-state index is 11.9. The Hall–Kier alpha value is -0.260. The van der Waals surface area contributed by atoms with Crippen molar-refractivity contribution < 1.29 is 13.2 Å². The van der Waals surface area contributed by atoms with E-state index in [2.05, 4.69) is 15.9 Å². The molecular weight excluding hydrogens is 352 g/mol. The monoisotopic (exact) mass is 366 g/mol. The molecule has 0 spiro atoms. The van der Waals surface area contributed by atoms with Gasteiger partial charge in [0.25, 0.3) is 0 Å². The molecule has 1 atom stereocenters. The van der Waals surface area contributed by atoms with Gasteiger partial charge >= 0.3 is 0 Å². The normalized spacial score (nSPS) is 16.9. The predicted molar refractivity (Wildman–Crippen MR) is 81.2 cm³/mol. The lowest BCUT2D eigenvalue weighted by Gasteiger charge is -2.29. The van der Waals surface area contributed by atoms with E-state index in [1.54, 1.807) is 19.9 Å². The molecule has 0 saturated heterocycles. The third-order valence-electron chi connectivity index (χ3n) is 3.62. The Morgan fingerprint density at radius 2 is 2.05 bits per heavy atom. The lowest BCUT2D eigenvalue weighted by atomic mass is 9.98. The molecule has 2 rings (SSSR count). The van der Waals surface area contributed by atoms with Crippen LogP contribution in [0.1, 0.15) is 29.8 Å². The highest BCUT2D eigenvalue weighted by Crippen LogP contribution is 2.46. The van der Waals surface area contributed by atoms with Crippen molar-refractivity contribution in [2.45, 2.75) is 29.8 Å². The second kappa shape index (κ2) is 4.93. The van der Waals surface area contributed by atoms with Crippen LogP contribution < -0.4 is 4.74 Å². The highest BCUT2D eigenvalue weighted by atomic mass is 79.9. The summed E-state index contributed by atoms with van der Waals surface area (Å²) in [5, 5.41) is 0.605. The number of hydrogen-bond donors (Lipinski definition) is 0. The maximum Gasteiger partial charge on any atom is 0.154 e. The van der Waals surface area contributed by atoms with E-state index in [4.69, 9.17) is 16.3 Å². The molecule has 19 heavy (non-hydrogen) atoms. The number of ether oxygens (including phenoxy) is 1. The molecule has 106 valence electrons. The SMILES string of the molecule is CC(C)(C(Br)c1cc(Cl)cc2c1OCC2)S(C)(=O)=O. The van der Waals surface area contributed by atoms with Gasteiger partial charge in [-0.1, -0.05) is 27.5 Å². The van der Waals surface area contributed by atoms with Gasteiger partial charge in [0, 0.05) is 23.3 Å². The summed E-state index contributed by atoms with van der Waals surface area (Å²) in [5.74, 6) is 0.767. The molecule has 1 aromatic carbocycles. The molecule has 1 heterocycles. The van der Waals surface area contributed by atoms with E-state index in [1.165, 1.54) is 6.26 Å². The highest BCUT2D eigenvalue weighted by Gasteiger charge is 2.40. The molecular formula is C13H16BrClO3S. The van der Waals surface area contributed by atoms with Crippen molar-refractivity contribution in [2.75, 3.05) is 12.9 Å². The summed E-state index contributed by atoms with van der Waals surface area (Å²) >= 11 is 9.62. The van der Waals surface area contributed by atoms with Crippen molar-refractivity contribution >= 4 is 37.4 Å². The summed E-state index contributed by atoms with van der Waals surface area (Å²) in [4.78, 5) is -0.374. The number of hydrogen-bond acceptors (Lipinski definition) is 3. The summed E-state index contributed by atoms with van der Waals surface area (Å²) in [7, 11) is -3.23. The number of rotatable bonds is 3. The molecule has 1 unspecified atom stereocenters. The fourth-order valence-electron chi connectivity index (χ4n) is 2.05. The standard InChI is InChI=1S/C13H16BrClO3S/c1-13(2,19(3,16)17)12(14)10-7-9(15)6-8-4-5-18-11(8)10/h6-7,12H,4-5H2,1-3H3. The first-order valence-electron chi connectivity index (χ1n) is 5.93. The Morgan fingerprint density at radius 3 is 2.63 bits per heavy atom. The van der Waals surface area contributed by atoms with Gasteiger partial charge in [-0.15, -0.1) is 0 Å². The summed E-state index contributed by atoms with van der Waals surface area (Å²) in [6.07, 6.45) is 2.05. The minimum Gasteiger partial charge on any atom is -0.493 e. The molecule has 1 aliphatic heterocycles. The summed E-state index contributed by atoms with van der Waals surface area (Å²) < 4.78 is 28.6. The van der Waals surface area contributed by atoms with Crippen LogP contribution in [0.15, 0.2) is 12.1 Å². The first-order valence-corrected chi connectivity index (χ1v) is 9.12. The molecule has 0 aliphatic carbocycles. The third kappa shape index (κ3) is 2.65. The van der Waals surface area contributed by atoms with E-state index in [0.29, 0.717) is 11.6 Å². The average Bonchev–Trinajstić information content (AvgIpc) is 2.72. The number of sulfone groups is 1. The number of halogens is 2. The number of alkyl halides is 1. The Balaban J connectivity index is 2.54. The van der Waals surface area contributed by atoms with Crippen LogP contribution in [0.2, 0.25) is 5.02 Å². The smallest absolute Gasteiger partial charge is 0.154 e. The summed E-state index contributed by atoms with van der Waals surface area (Å²) in [6, 6.07) is 3.65. The lowest BCUT2D eigenvalue weighted by molar-refractivity contribution is 0.352. The van der Waals surface area contributed by atoms with Crippen LogP contribution in [-0.4, -0.2) is 26.0 Å². The van der Waals surface area contributed by atoms with Crippen LogP contribution in [0.25, 0.3) is 0 Å². The van der Waals surface area contributed by atoms with Crippen LogP contribution in [0.4, 0.5) is 0 Å². The first-order chi connectivity index (χ1) is 8.64. The van der Waals surface area contributed by atoms with Gasteiger partial charge in [0.05, 0.1) is 16.2 Å². The molecule has 0 amide bonds. The van der Waals surface area contributed by atoms with Gasteiger partial charge in [-0.25, -0.2) is 8.42 Å². The minimum atomic E-state index is -3.23. The van der Waals surface area contributed by atoms with E-state index in [1.807, 2.05) is 6.07 Å². The average molecular weight is 368 g/mol. The fraction of sp³-hybridized carbons (Fsp3) is 0.538. The Labute approximate surface area is 127 Å². The van der Waals surface area contributed by atoms with Gasteiger partial charge in [0.15, 0.2) is 9.84 Å². The third-order valence-corrected chi connectivity index (χ3v) is 7.92. The quantitative estimate of drug-likeness (QED) is 0.768. The largest absolute Gasteiger partial charge is 0.493 e. The molecule has 0 aromatic heterocycles. The van der Waals surface area contributed by atoms with Gasteiger partial charge in [0.2, 0.25) is 0 Å². The fourth-order valence-corrected chi connectivity index (χ4v) is 4.16. The molecule has 0 radical (unpaired) electrons. The van der Waals surface area contributed by atoms with Crippen molar-refractivity contribution in [3.8, 4) is 5.75 Å². The van der Waals surface area contributed by atoms with Crippen molar-refractivity contribution in [1.82, 2.24) is 0 Å². The highest BCUT2D eigenvalue weighted by molar-refractivity contribution is 9.09. The van der Waals surface area contributed by atoms with Gasteiger partial charge in [0.1, 0.15) is 5.75 Å². The van der Waals surface area contributed by atoms with E-state index in [0.717, 1.165) is 23.3 Å².